The van der Waals surface area contributed by atoms with Crippen molar-refractivity contribution >= 4 is 23.3 Å². The van der Waals surface area contributed by atoms with E-state index in [1.165, 1.54) is 4.90 Å². The van der Waals surface area contributed by atoms with Crippen LogP contribution in [-0.4, -0.2) is 70.9 Å². The Morgan fingerprint density at radius 1 is 0.875 bits per heavy atom. The van der Waals surface area contributed by atoms with E-state index in [9.17, 15) is 9.59 Å². The molecule has 32 heavy (non-hydrogen) atoms. The number of hydrogen-bond acceptors (Lipinski definition) is 7. The maximum absolute atomic E-state index is 13.3. The van der Waals surface area contributed by atoms with Gasteiger partial charge in [-0.1, -0.05) is 26.0 Å². The molecule has 1 saturated heterocycles. The number of nitrogens with zero attached hydrogens (tertiary/aromatic N) is 5. The van der Waals surface area contributed by atoms with Crippen LogP contribution >= 0.6 is 0 Å². The van der Waals surface area contributed by atoms with E-state index in [0.717, 1.165) is 24.2 Å². The van der Waals surface area contributed by atoms with Gasteiger partial charge in [-0.2, -0.15) is 0 Å². The third-order valence-corrected chi connectivity index (χ3v) is 5.64. The first-order valence-corrected chi connectivity index (χ1v) is 11.2. The van der Waals surface area contributed by atoms with Crippen LogP contribution in [0.3, 0.4) is 0 Å². The highest BCUT2D eigenvalue weighted by molar-refractivity contribution is 6.35. The number of piperazine rings is 1. The van der Waals surface area contributed by atoms with E-state index < -0.39 is 0 Å². The molecule has 1 aromatic heterocycles. The summed E-state index contributed by atoms with van der Waals surface area (Å²) < 4.78 is 5.67. The van der Waals surface area contributed by atoms with Gasteiger partial charge in [-0.25, -0.2) is 9.97 Å². The molecule has 1 fully saturated rings. The highest BCUT2D eigenvalue weighted by Crippen LogP contribution is 2.33. The number of benzene rings is 1. The molecular weight excluding hydrogens is 406 g/mol. The fraction of sp³-hybridized carbons (Fsp3) is 0.417. The number of aromatic nitrogens is 2. The molecule has 2 aliphatic heterocycles. The normalized spacial score (nSPS) is 16.9. The van der Waals surface area contributed by atoms with Crippen LogP contribution in [0.15, 0.2) is 48.4 Å². The van der Waals surface area contributed by atoms with Crippen LogP contribution in [0.25, 0.3) is 5.57 Å². The van der Waals surface area contributed by atoms with E-state index in [1.54, 1.807) is 18.5 Å². The van der Waals surface area contributed by atoms with Crippen molar-refractivity contribution in [3.8, 4) is 5.75 Å². The van der Waals surface area contributed by atoms with Crippen molar-refractivity contribution < 1.29 is 14.3 Å². The number of hydrogen-bond donors (Lipinski definition) is 0. The lowest BCUT2D eigenvalue weighted by atomic mass is 10.0. The summed E-state index contributed by atoms with van der Waals surface area (Å²) in [4.78, 5) is 40.7. The molecule has 0 unspecified atom stereocenters. The first kappa shape index (κ1) is 21.8. The van der Waals surface area contributed by atoms with Gasteiger partial charge in [0.1, 0.15) is 11.4 Å². The van der Waals surface area contributed by atoms with Gasteiger partial charge in [0.2, 0.25) is 5.95 Å². The highest BCUT2D eigenvalue weighted by atomic mass is 16.5. The first-order chi connectivity index (χ1) is 15.6. The molecule has 0 bridgehead atoms. The quantitative estimate of drug-likeness (QED) is 0.590. The Balaban J connectivity index is 1.60. The van der Waals surface area contributed by atoms with Gasteiger partial charge in [0.25, 0.3) is 11.8 Å². The van der Waals surface area contributed by atoms with Crippen molar-refractivity contribution in [2.45, 2.75) is 26.7 Å². The molecule has 1 aromatic carbocycles. The lowest BCUT2D eigenvalue weighted by Gasteiger charge is -2.36. The van der Waals surface area contributed by atoms with Crippen molar-refractivity contribution in [3.63, 3.8) is 0 Å². The smallest absolute Gasteiger partial charge is 0.277 e. The number of rotatable bonds is 8. The van der Waals surface area contributed by atoms with Gasteiger partial charge in [-0.15, -0.1) is 0 Å². The van der Waals surface area contributed by atoms with Gasteiger partial charge in [-0.3, -0.25) is 14.5 Å². The lowest BCUT2D eigenvalue weighted by Crippen LogP contribution is -2.48. The van der Waals surface area contributed by atoms with E-state index in [1.807, 2.05) is 36.1 Å². The number of imide groups is 1. The molecule has 0 saturated carbocycles. The van der Waals surface area contributed by atoms with Crippen LogP contribution in [0.1, 0.15) is 32.3 Å². The molecule has 4 rings (SSSR count). The zero-order valence-electron chi connectivity index (χ0n) is 18.7. The van der Waals surface area contributed by atoms with E-state index in [-0.39, 0.29) is 11.8 Å². The Hall–Kier alpha value is -3.42. The molecule has 0 N–H and O–H groups in total. The second kappa shape index (κ2) is 9.80. The van der Waals surface area contributed by atoms with Crippen LogP contribution in [0, 0.1) is 0 Å². The lowest BCUT2D eigenvalue weighted by molar-refractivity contribution is -0.137. The van der Waals surface area contributed by atoms with Gasteiger partial charge in [-0.05, 0) is 36.6 Å². The van der Waals surface area contributed by atoms with Gasteiger partial charge < -0.3 is 14.5 Å². The fourth-order valence-electron chi connectivity index (χ4n) is 4.07. The van der Waals surface area contributed by atoms with Crippen LogP contribution in [-0.2, 0) is 9.59 Å². The summed E-state index contributed by atoms with van der Waals surface area (Å²) in [5.41, 5.74) is 1.73. The van der Waals surface area contributed by atoms with E-state index in [0.29, 0.717) is 56.5 Å². The number of ether oxygens (including phenoxy) is 1. The minimum atomic E-state index is -0.220. The molecule has 168 valence electrons. The van der Waals surface area contributed by atoms with Gasteiger partial charge in [0, 0.05) is 45.1 Å². The second-order valence-corrected chi connectivity index (χ2v) is 7.88. The second-order valence-electron chi connectivity index (χ2n) is 7.88. The summed E-state index contributed by atoms with van der Waals surface area (Å²) in [5.74, 6) is 1.02. The molecule has 0 radical (unpaired) electrons. The summed E-state index contributed by atoms with van der Waals surface area (Å²) in [6.45, 7) is 7.68. The van der Waals surface area contributed by atoms with Crippen LogP contribution in [0.2, 0.25) is 0 Å². The van der Waals surface area contributed by atoms with E-state index in [4.69, 9.17) is 4.74 Å². The van der Waals surface area contributed by atoms with Crippen molar-refractivity contribution in [1.29, 1.82) is 0 Å². The van der Waals surface area contributed by atoms with Crippen molar-refractivity contribution in [1.82, 2.24) is 19.8 Å². The SMILES string of the molecule is CCCOc1ccc(C2=C(N3CCN(c4ncccn4)CC3)C(=O)N(CCC)C2=O)cc1. The molecule has 3 heterocycles. The zero-order valence-corrected chi connectivity index (χ0v) is 18.7. The zero-order chi connectivity index (χ0) is 22.5. The number of carbonyl (C=O) groups excluding carboxylic acids is 2. The van der Waals surface area contributed by atoms with Gasteiger partial charge in [0.15, 0.2) is 0 Å². The van der Waals surface area contributed by atoms with Crippen molar-refractivity contribution in [3.05, 3.63) is 54.0 Å². The summed E-state index contributed by atoms with van der Waals surface area (Å²) in [6.07, 6.45) is 5.10. The van der Waals surface area contributed by atoms with Crippen LogP contribution in [0.4, 0.5) is 5.95 Å². The van der Waals surface area contributed by atoms with E-state index >= 15 is 0 Å². The summed E-state index contributed by atoms with van der Waals surface area (Å²) in [7, 11) is 0. The van der Waals surface area contributed by atoms with Crippen molar-refractivity contribution in [2.24, 2.45) is 0 Å². The third-order valence-electron chi connectivity index (χ3n) is 5.64. The molecule has 0 atom stereocenters. The summed E-state index contributed by atoms with van der Waals surface area (Å²) >= 11 is 0. The standard InChI is InChI=1S/C24H29N5O3/c1-3-12-29-22(30)20(18-6-8-19(9-7-18)32-17-4-2)21(23(29)31)27-13-15-28(16-14-27)24-25-10-5-11-26-24/h5-11H,3-4,12-17H2,1-2H3. The third kappa shape index (κ3) is 4.30. The van der Waals surface area contributed by atoms with Crippen molar-refractivity contribution in [2.75, 3.05) is 44.2 Å². The predicted octanol–water partition coefficient (Wildman–Crippen LogP) is 2.58. The molecule has 2 aliphatic rings. The Morgan fingerprint density at radius 2 is 1.53 bits per heavy atom. The van der Waals surface area contributed by atoms with Crippen LogP contribution in [0.5, 0.6) is 5.75 Å². The van der Waals surface area contributed by atoms with Crippen LogP contribution < -0.4 is 9.64 Å². The number of anilines is 1. The van der Waals surface area contributed by atoms with Gasteiger partial charge >= 0.3 is 0 Å². The fourth-order valence-corrected chi connectivity index (χ4v) is 4.07. The minimum Gasteiger partial charge on any atom is -0.494 e. The number of carbonyl (C=O) groups is 2. The van der Waals surface area contributed by atoms with E-state index in [2.05, 4.69) is 21.8 Å². The molecule has 0 spiro atoms. The minimum absolute atomic E-state index is 0.206. The summed E-state index contributed by atoms with van der Waals surface area (Å²) in [5, 5.41) is 0. The monoisotopic (exact) mass is 435 g/mol. The average Bonchev–Trinajstić information content (AvgIpc) is 3.09. The molecule has 2 amide bonds. The Kier molecular flexibility index (Phi) is 6.68. The first-order valence-electron chi connectivity index (χ1n) is 11.2. The maximum atomic E-state index is 13.3. The van der Waals surface area contributed by atoms with Gasteiger partial charge in [0.05, 0.1) is 12.2 Å². The Labute approximate surface area is 188 Å². The molecule has 2 aromatic rings. The molecule has 0 aliphatic carbocycles. The molecule has 8 heteroatoms. The maximum Gasteiger partial charge on any atom is 0.277 e. The Morgan fingerprint density at radius 3 is 2.16 bits per heavy atom. The molecule has 8 nitrogen and oxygen atoms in total. The summed E-state index contributed by atoms with van der Waals surface area (Å²) in [6, 6.07) is 9.26. The Bertz CT molecular complexity index is 982. The highest BCUT2D eigenvalue weighted by Gasteiger charge is 2.41. The average molecular weight is 436 g/mol. The topological polar surface area (TPSA) is 78.9 Å². The molecular formula is C24H29N5O3. The predicted molar refractivity (Wildman–Crippen MR) is 122 cm³/mol. The largest absolute Gasteiger partial charge is 0.494 e. The number of amides is 2.